The van der Waals surface area contributed by atoms with E-state index in [9.17, 15) is 4.79 Å². The highest BCUT2D eigenvalue weighted by molar-refractivity contribution is 8.24. The van der Waals surface area contributed by atoms with Gasteiger partial charge in [0.05, 0.1) is 10.4 Å². The first-order chi connectivity index (χ1) is 8.70. The summed E-state index contributed by atoms with van der Waals surface area (Å²) < 4.78 is 1.09. The van der Waals surface area contributed by atoms with Gasteiger partial charge in [0.1, 0.15) is 6.54 Å². The Kier molecular flexibility index (Phi) is 4.11. The molecule has 0 fully saturated rings. The molecule has 0 aliphatic heterocycles. The van der Waals surface area contributed by atoms with Crippen LogP contribution in [0.4, 0.5) is 0 Å². The SMILES string of the molecule is N=CSC(N)=NCC(=O)c1cc2ccccc2s1. The van der Waals surface area contributed by atoms with Crippen LogP contribution in [0.25, 0.3) is 10.1 Å². The number of nitrogens with zero attached hydrogens (tertiary/aromatic N) is 1. The first-order valence-corrected chi connectivity index (χ1v) is 6.87. The van der Waals surface area contributed by atoms with Crippen LogP contribution < -0.4 is 5.73 Å². The summed E-state index contributed by atoms with van der Waals surface area (Å²) in [7, 11) is 0. The van der Waals surface area contributed by atoms with Gasteiger partial charge in [-0.15, -0.1) is 11.3 Å². The molecular weight excluding hydrogens is 266 g/mol. The van der Waals surface area contributed by atoms with Crippen molar-refractivity contribution in [3.63, 3.8) is 0 Å². The number of thioether (sulfide) groups is 1. The van der Waals surface area contributed by atoms with Crippen LogP contribution >= 0.6 is 23.1 Å². The lowest BCUT2D eigenvalue weighted by Gasteiger charge is -1.94. The fourth-order valence-corrected chi connectivity index (χ4v) is 2.70. The fourth-order valence-electron chi connectivity index (χ4n) is 1.44. The molecule has 18 heavy (non-hydrogen) atoms. The molecule has 1 aromatic carbocycles. The molecule has 0 radical (unpaired) electrons. The molecule has 0 saturated carbocycles. The smallest absolute Gasteiger partial charge is 0.194 e. The second-order valence-corrected chi connectivity index (χ2v) is 5.44. The number of hydrogen-bond acceptors (Lipinski definition) is 5. The molecule has 1 heterocycles. The average molecular weight is 277 g/mol. The minimum atomic E-state index is -0.0512. The summed E-state index contributed by atoms with van der Waals surface area (Å²) >= 11 is 2.45. The van der Waals surface area contributed by atoms with Crippen molar-refractivity contribution >= 4 is 49.7 Å². The van der Waals surface area contributed by atoms with E-state index in [2.05, 4.69) is 4.99 Å². The molecule has 1 aromatic heterocycles. The van der Waals surface area contributed by atoms with Crippen LogP contribution in [-0.2, 0) is 0 Å². The molecule has 4 nitrogen and oxygen atoms in total. The predicted octanol–water partition coefficient (Wildman–Crippen LogP) is 2.74. The molecule has 0 bridgehead atoms. The van der Waals surface area contributed by atoms with Crippen LogP contribution in [0.1, 0.15) is 9.67 Å². The Labute approximate surface area is 112 Å². The molecule has 0 spiro atoms. The van der Waals surface area contributed by atoms with Gasteiger partial charge < -0.3 is 11.1 Å². The predicted molar refractivity (Wildman–Crippen MR) is 79.0 cm³/mol. The van der Waals surface area contributed by atoms with Crippen molar-refractivity contribution in [2.75, 3.05) is 6.54 Å². The van der Waals surface area contributed by atoms with Crippen molar-refractivity contribution in [3.05, 3.63) is 35.2 Å². The molecule has 2 aromatic rings. The van der Waals surface area contributed by atoms with Gasteiger partial charge >= 0.3 is 0 Å². The van der Waals surface area contributed by atoms with E-state index < -0.39 is 0 Å². The monoisotopic (exact) mass is 277 g/mol. The zero-order valence-electron chi connectivity index (χ0n) is 9.42. The van der Waals surface area contributed by atoms with Crippen LogP contribution in [0.15, 0.2) is 35.3 Å². The Hall–Kier alpha value is -1.66. The average Bonchev–Trinajstić information content (AvgIpc) is 2.80. The van der Waals surface area contributed by atoms with Crippen molar-refractivity contribution in [2.24, 2.45) is 10.7 Å². The number of Topliss-reactive ketones (excluding diaryl/α,β-unsaturated/α-hetero) is 1. The van der Waals surface area contributed by atoms with E-state index in [1.165, 1.54) is 11.3 Å². The number of fused-ring (bicyclic) bond motifs is 1. The number of nitrogens with two attached hydrogens (primary N) is 1. The lowest BCUT2D eigenvalue weighted by atomic mass is 10.2. The Morgan fingerprint density at radius 1 is 1.50 bits per heavy atom. The van der Waals surface area contributed by atoms with Gasteiger partial charge in [-0.1, -0.05) is 18.2 Å². The number of aliphatic imine (C=N–C) groups is 1. The van der Waals surface area contributed by atoms with E-state index in [0.717, 1.165) is 27.4 Å². The zero-order valence-corrected chi connectivity index (χ0v) is 11.1. The van der Waals surface area contributed by atoms with Crippen molar-refractivity contribution in [1.29, 1.82) is 5.41 Å². The first kappa shape index (κ1) is 12.8. The number of thiophene rings is 1. The molecule has 0 aliphatic rings. The molecule has 0 saturated heterocycles. The largest absolute Gasteiger partial charge is 0.378 e. The van der Waals surface area contributed by atoms with Gasteiger partial charge in [0.25, 0.3) is 0 Å². The maximum atomic E-state index is 11.9. The van der Waals surface area contributed by atoms with Gasteiger partial charge in [0.2, 0.25) is 0 Å². The minimum Gasteiger partial charge on any atom is -0.378 e. The number of ketones is 1. The maximum Gasteiger partial charge on any atom is 0.194 e. The van der Waals surface area contributed by atoms with Gasteiger partial charge in [0, 0.05) is 4.70 Å². The van der Waals surface area contributed by atoms with Crippen LogP contribution in [0.5, 0.6) is 0 Å². The third kappa shape index (κ3) is 2.96. The molecule has 0 amide bonds. The highest BCUT2D eigenvalue weighted by atomic mass is 32.2. The van der Waals surface area contributed by atoms with Crippen molar-refractivity contribution in [3.8, 4) is 0 Å². The summed E-state index contributed by atoms with van der Waals surface area (Å²) in [5, 5.41) is 8.15. The molecular formula is C12H11N3OS2. The summed E-state index contributed by atoms with van der Waals surface area (Å²) in [5.41, 5.74) is 6.58. The second-order valence-electron chi connectivity index (χ2n) is 3.46. The maximum absolute atomic E-state index is 11.9. The lowest BCUT2D eigenvalue weighted by Crippen LogP contribution is -2.10. The number of carbonyl (C=O) groups is 1. The van der Waals surface area contributed by atoms with E-state index in [1.54, 1.807) is 0 Å². The van der Waals surface area contributed by atoms with Gasteiger partial charge in [0.15, 0.2) is 11.0 Å². The van der Waals surface area contributed by atoms with Gasteiger partial charge in [-0.3, -0.25) is 9.79 Å². The van der Waals surface area contributed by atoms with Gasteiger partial charge in [-0.05, 0) is 29.3 Å². The zero-order chi connectivity index (χ0) is 13.0. The van der Waals surface area contributed by atoms with E-state index in [0.29, 0.717) is 4.88 Å². The molecule has 6 heteroatoms. The summed E-state index contributed by atoms with van der Waals surface area (Å²) in [5.74, 6) is -0.0512. The van der Waals surface area contributed by atoms with Crippen LogP contribution in [0.2, 0.25) is 0 Å². The van der Waals surface area contributed by atoms with E-state index in [-0.39, 0.29) is 17.5 Å². The highest BCUT2D eigenvalue weighted by Gasteiger charge is 2.09. The number of carbonyl (C=O) groups excluding carboxylic acids is 1. The Balaban J connectivity index is 2.13. The Morgan fingerprint density at radius 2 is 2.28 bits per heavy atom. The van der Waals surface area contributed by atoms with E-state index in [4.69, 9.17) is 11.1 Å². The number of nitrogens with one attached hydrogen (secondary N) is 1. The number of benzene rings is 1. The topological polar surface area (TPSA) is 79.3 Å². The number of amidine groups is 1. The number of rotatable bonds is 4. The van der Waals surface area contributed by atoms with Crippen molar-refractivity contribution in [1.82, 2.24) is 0 Å². The molecule has 3 N–H and O–H groups in total. The summed E-state index contributed by atoms with van der Waals surface area (Å²) in [4.78, 5) is 16.5. The van der Waals surface area contributed by atoms with Crippen LogP contribution in [0.3, 0.4) is 0 Å². The van der Waals surface area contributed by atoms with Crippen LogP contribution in [-0.4, -0.2) is 23.0 Å². The van der Waals surface area contributed by atoms with E-state index >= 15 is 0 Å². The van der Waals surface area contributed by atoms with Crippen molar-refractivity contribution < 1.29 is 4.79 Å². The standard InChI is InChI=1S/C12H11N3OS2/c13-7-17-12(14)15-6-9(16)11-5-8-3-1-2-4-10(8)18-11/h1-5,7,13H,6H2,(H2,14,15). The second kappa shape index (κ2) is 5.79. The summed E-state index contributed by atoms with van der Waals surface area (Å²) in [6.45, 7) is 0.0273. The number of hydrogen-bond donors (Lipinski definition) is 2. The Bertz CT molecular complexity index is 586. The van der Waals surface area contributed by atoms with Gasteiger partial charge in [-0.2, -0.15) is 0 Å². The third-order valence-corrected chi connectivity index (χ3v) is 3.90. The fraction of sp³-hybridized carbons (Fsp3) is 0.0833. The Morgan fingerprint density at radius 3 is 3.00 bits per heavy atom. The lowest BCUT2D eigenvalue weighted by molar-refractivity contribution is 0.101. The third-order valence-electron chi connectivity index (χ3n) is 2.26. The minimum absolute atomic E-state index is 0.0273. The highest BCUT2D eigenvalue weighted by Crippen LogP contribution is 2.25. The van der Waals surface area contributed by atoms with Gasteiger partial charge in [-0.25, -0.2) is 0 Å². The van der Waals surface area contributed by atoms with Crippen molar-refractivity contribution in [2.45, 2.75) is 0 Å². The molecule has 92 valence electrons. The van der Waals surface area contributed by atoms with E-state index in [1.807, 2.05) is 30.3 Å². The quantitative estimate of drug-likeness (QED) is 0.512. The first-order valence-electron chi connectivity index (χ1n) is 5.18. The summed E-state index contributed by atoms with van der Waals surface area (Å²) in [6.07, 6.45) is 0. The normalized spacial score (nSPS) is 11.7. The van der Waals surface area contributed by atoms with Crippen LogP contribution in [0, 0.1) is 5.41 Å². The molecule has 0 aliphatic carbocycles. The molecule has 0 unspecified atom stereocenters. The molecule has 0 atom stereocenters. The molecule has 2 rings (SSSR count). The summed E-state index contributed by atoms with van der Waals surface area (Å²) in [6, 6.07) is 9.73.